The predicted molar refractivity (Wildman–Crippen MR) is 86.6 cm³/mol. The van der Waals surface area contributed by atoms with E-state index in [9.17, 15) is 0 Å². The van der Waals surface area contributed by atoms with Gasteiger partial charge in [-0.2, -0.15) is 0 Å². The van der Waals surface area contributed by atoms with Gasteiger partial charge in [-0.25, -0.2) is 4.98 Å². The summed E-state index contributed by atoms with van der Waals surface area (Å²) in [5.74, 6) is 0. The van der Waals surface area contributed by atoms with E-state index in [2.05, 4.69) is 13.8 Å². The third kappa shape index (κ3) is 2.60. The molecule has 3 rings (SSSR count). The fourth-order valence-corrected chi connectivity index (χ4v) is 4.32. The summed E-state index contributed by atoms with van der Waals surface area (Å²) in [6.07, 6.45) is 1.95. The topological polar surface area (TPSA) is 38.9 Å². The van der Waals surface area contributed by atoms with E-state index < -0.39 is 0 Å². The Bertz CT molecular complexity index is 664. The number of hydrogen-bond acceptors (Lipinski definition) is 3. The van der Waals surface area contributed by atoms with E-state index in [4.69, 9.17) is 33.9 Å². The van der Waals surface area contributed by atoms with Gasteiger partial charge in [0.1, 0.15) is 5.01 Å². The number of benzene rings is 1. The summed E-state index contributed by atoms with van der Waals surface area (Å²) in [6.45, 7) is 4.47. The highest BCUT2D eigenvalue weighted by Gasteiger charge is 2.33. The van der Waals surface area contributed by atoms with Gasteiger partial charge in [0.05, 0.1) is 10.7 Å². The number of hydrogen-bond donors (Lipinski definition) is 1. The summed E-state index contributed by atoms with van der Waals surface area (Å²) < 4.78 is 0. The molecule has 0 fully saturated rings. The van der Waals surface area contributed by atoms with Crippen LogP contribution in [0.2, 0.25) is 10.0 Å². The number of halogens is 2. The van der Waals surface area contributed by atoms with Crippen molar-refractivity contribution in [3.8, 4) is 10.6 Å². The van der Waals surface area contributed by atoms with Crippen molar-refractivity contribution >= 4 is 34.5 Å². The van der Waals surface area contributed by atoms with Crippen LogP contribution in [-0.4, -0.2) is 4.98 Å². The highest BCUT2D eigenvalue weighted by molar-refractivity contribution is 7.15. The van der Waals surface area contributed by atoms with Gasteiger partial charge in [-0.05, 0) is 36.5 Å². The molecule has 106 valence electrons. The maximum absolute atomic E-state index is 6.29. The molecule has 0 aliphatic heterocycles. The van der Waals surface area contributed by atoms with Crippen LogP contribution in [0.1, 0.15) is 36.9 Å². The fraction of sp³-hybridized carbons (Fsp3) is 0.400. The van der Waals surface area contributed by atoms with Gasteiger partial charge in [0, 0.05) is 21.5 Å². The smallest absolute Gasteiger partial charge is 0.125 e. The number of aromatic nitrogens is 1. The lowest BCUT2D eigenvalue weighted by atomic mass is 9.77. The standard InChI is InChI=1S/C15H16Cl2N2S/c1-15(2)6-11(18)13-12(7-15)19-14(20-13)9-5-8(16)3-4-10(9)17/h3-5,11H,6-7,18H2,1-2H3. The minimum Gasteiger partial charge on any atom is -0.323 e. The first-order chi connectivity index (χ1) is 9.35. The van der Waals surface area contributed by atoms with Gasteiger partial charge < -0.3 is 5.73 Å². The Labute approximate surface area is 132 Å². The third-order valence-corrected chi connectivity index (χ3v) is 5.47. The molecule has 2 aromatic rings. The van der Waals surface area contributed by atoms with Crippen LogP contribution in [0.5, 0.6) is 0 Å². The molecular formula is C15H16Cl2N2S. The first-order valence-electron chi connectivity index (χ1n) is 6.56. The Morgan fingerprint density at radius 1 is 1.35 bits per heavy atom. The Balaban J connectivity index is 2.08. The van der Waals surface area contributed by atoms with Crippen LogP contribution in [-0.2, 0) is 6.42 Å². The van der Waals surface area contributed by atoms with Crippen molar-refractivity contribution in [2.45, 2.75) is 32.7 Å². The molecule has 0 bridgehead atoms. The SMILES string of the molecule is CC1(C)Cc2nc(-c3cc(Cl)ccc3Cl)sc2C(N)C1. The van der Waals surface area contributed by atoms with E-state index in [0.717, 1.165) is 29.1 Å². The molecule has 0 amide bonds. The predicted octanol–water partition coefficient (Wildman–Crippen LogP) is 5.09. The quantitative estimate of drug-likeness (QED) is 0.792. The second kappa shape index (κ2) is 4.99. The molecule has 0 saturated carbocycles. The van der Waals surface area contributed by atoms with E-state index >= 15 is 0 Å². The van der Waals surface area contributed by atoms with Gasteiger partial charge in [0.15, 0.2) is 0 Å². The van der Waals surface area contributed by atoms with Crippen molar-refractivity contribution in [1.82, 2.24) is 4.98 Å². The monoisotopic (exact) mass is 326 g/mol. The maximum atomic E-state index is 6.29. The summed E-state index contributed by atoms with van der Waals surface area (Å²) in [6, 6.07) is 5.53. The number of thiazole rings is 1. The third-order valence-electron chi connectivity index (χ3n) is 3.64. The zero-order chi connectivity index (χ0) is 14.5. The first kappa shape index (κ1) is 14.3. The number of nitrogens with zero attached hydrogens (tertiary/aromatic N) is 1. The Kier molecular flexibility index (Phi) is 3.57. The molecule has 1 unspecified atom stereocenters. The Hall–Kier alpha value is -0.610. The van der Waals surface area contributed by atoms with Gasteiger partial charge in [0.2, 0.25) is 0 Å². The van der Waals surface area contributed by atoms with Gasteiger partial charge >= 0.3 is 0 Å². The molecule has 2 nitrogen and oxygen atoms in total. The second-order valence-electron chi connectivity index (χ2n) is 6.11. The van der Waals surface area contributed by atoms with E-state index in [1.165, 1.54) is 4.88 Å². The lowest BCUT2D eigenvalue weighted by molar-refractivity contribution is 0.282. The Morgan fingerprint density at radius 3 is 2.85 bits per heavy atom. The molecule has 1 aromatic heterocycles. The van der Waals surface area contributed by atoms with Crippen LogP contribution in [0, 0.1) is 5.41 Å². The zero-order valence-corrected chi connectivity index (χ0v) is 13.7. The van der Waals surface area contributed by atoms with Crippen LogP contribution in [0.4, 0.5) is 0 Å². The second-order valence-corrected chi connectivity index (χ2v) is 7.98. The maximum Gasteiger partial charge on any atom is 0.125 e. The van der Waals surface area contributed by atoms with E-state index in [-0.39, 0.29) is 11.5 Å². The molecular weight excluding hydrogens is 311 g/mol. The van der Waals surface area contributed by atoms with Crippen LogP contribution < -0.4 is 5.73 Å². The molecule has 0 saturated heterocycles. The van der Waals surface area contributed by atoms with E-state index in [1.54, 1.807) is 17.4 Å². The lowest BCUT2D eigenvalue weighted by Crippen LogP contribution is -2.28. The van der Waals surface area contributed by atoms with Crippen molar-refractivity contribution in [1.29, 1.82) is 0 Å². The van der Waals surface area contributed by atoms with Crippen molar-refractivity contribution in [3.05, 3.63) is 38.8 Å². The van der Waals surface area contributed by atoms with Crippen molar-refractivity contribution in [3.63, 3.8) is 0 Å². The molecule has 20 heavy (non-hydrogen) atoms. The molecule has 1 aliphatic carbocycles. The van der Waals surface area contributed by atoms with Crippen molar-refractivity contribution in [2.24, 2.45) is 11.1 Å². The van der Waals surface area contributed by atoms with E-state index in [0.29, 0.717) is 10.0 Å². The van der Waals surface area contributed by atoms with Crippen molar-refractivity contribution < 1.29 is 0 Å². The molecule has 5 heteroatoms. The van der Waals surface area contributed by atoms with Crippen LogP contribution >= 0.6 is 34.5 Å². The number of nitrogens with two attached hydrogens (primary N) is 1. The van der Waals surface area contributed by atoms with Crippen LogP contribution in [0.15, 0.2) is 18.2 Å². The zero-order valence-electron chi connectivity index (χ0n) is 11.4. The van der Waals surface area contributed by atoms with E-state index in [1.807, 2.05) is 12.1 Å². The highest BCUT2D eigenvalue weighted by Crippen LogP contribution is 2.44. The molecule has 1 heterocycles. The van der Waals surface area contributed by atoms with Crippen molar-refractivity contribution in [2.75, 3.05) is 0 Å². The average molecular weight is 327 g/mol. The highest BCUT2D eigenvalue weighted by atomic mass is 35.5. The van der Waals surface area contributed by atoms with Gasteiger partial charge in [-0.3, -0.25) is 0 Å². The molecule has 0 spiro atoms. The fourth-order valence-electron chi connectivity index (χ4n) is 2.77. The minimum absolute atomic E-state index is 0.0676. The summed E-state index contributed by atoms with van der Waals surface area (Å²) in [5, 5.41) is 2.26. The summed E-state index contributed by atoms with van der Waals surface area (Å²) in [5.41, 5.74) is 8.50. The largest absolute Gasteiger partial charge is 0.323 e. The number of fused-ring (bicyclic) bond motifs is 1. The normalized spacial score (nSPS) is 20.8. The summed E-state index contributed by atoms with van der Waals surface area (Å²) in [4.78, 5) is 5.95. The average Bonchev–Trinajstić information content (AvgIpc) is 2.74. The summed E-state index contributed by atoms with van der Waals surface area (Å²) in [7, 11) is 0. The minimum atomic E-state index is 0.0676. The molecule has 2 N–H and O–H groups in total. The molecule has 1 aliphatic rings. The first-order valence-corrected chi connectivity index (χ1v) is 8.13. The molecule has 1 atom stereocenters. The van der Waals surface area contributed by atoms with Crippen LogP contribution in [0.3, 0.4) is 0 Å². The molecule has 0 radical (unpaired) electrons. The van der Waals surface area contributed by atoms with Gasteiger partial charge in [0.25, 0.3) is 0 Å². The summed E-state index contributed by atoms with van der Waals surface area (Å²) >= 11 is 14.0. The molecule has 1 aromatic carbocycles. The van der Waals surface area contributed by atoms with Gasteiger partial charge in [-0.1, -0.05) is 37.0 Å². The van der Waals surface area contributed by atoms with Gasteiger partial charge in [-0.15, -0.1) is 11.3 Å². The Morgan fingerprint density at radius 2 is 2.10 bits per heavy atom. The number of rotatable bonds is 1. The van der Waals surface area contributed by atoms with Crippen LogP contribution in [0.25, 0.3) is 10.6 Å². The lowest BCUT2D eigenvalue weighted by Gasteiger charge is -2.32.